The number of carbonyl (C=O) groups excluding carboxylic acids is 2. The summed E-state index contributed by atoms with van der Waals surface area (Å²) in [4.78, 5) is 28.3. The number of Topliss-reactive ketones (excluding diaryl/α,β-unsaturated/α-hetero) is 1. The molecule has 1 heterocycles. The Morgan fingerprint density at radius 1 is 0.917 bits per heavy atom. The van der Waals surface area contributed by atoms with Crippen molar-refractivity contribution >= 4 is 23.1 Å². The predicted octanol–water partition coefficient (Wildman–Crippen LogP) is 5.43. The minimum Gasteiger partial charge on any atom is -0.508 e. The summed E-state index contributed by atoms with van der Waals surface area (Å²) in [5, 5.41) is 21.4. The van der Waals surface area contributed by atoms with Crippen LogP contribution in [-0.2, 0) is 9.59 Å². The predicted molar refractivity (Wildman–Crippen MR) is 138 cm³/mol. The van der Waals surface area contributed by atoms with Gasteiger partial charge in [-0.2, -0.15) is 0 Å². The van der Waals surface area contributed by atoms with Crippen LogP contribution in [0.3, 0.4) is 0 Å². The molecule has 0 aromatic heterocycles. The van der Waals surface area contributed by atoms with Crippen LogP contribution in [-0.4, -0.2) is 35.1 Å². The fourth-order valence-electron chi connectivity index (χ4n) is 4.41. The maximum atomic E-state index is 13.5. The lowest BCUT2D eigenvalue weighted by Gasteiger charge is -2.27. The molecule has 1 aliphatic heterocycles. The van der Waals surface area contributed by atoms with Gasteiger partial charge in [-0.25, -0.2) is 0 Å². The normalized spacial score (nSPS) is 16.9. The second-order valence-corrected chi connectivity index (χ2v) is 8.57. The van der Waals surface area contributed by atoms with E-state index in [1.165, 1.54) is 17.0 Å². The van der Waals surface area contributed by atoms with Crippen molar-refractivity contribution in [3.05, 3.63) is 88.5 Å². The van der Waals surface area contributed by atoms with E-state index in [4.69, 9.17) is 9.47 Å². The highest BCUT2D eigenvalue weighted by molar-refractivity contribution is 6.51. The van der Waals surface area contributed by atoms with E-state index < -0.39 is 17.7 Å². The molecule has 1 atom stereocenters. The van der Waals surface area contributed by atoms with E-state index in [1.54, 1.807) is 30.3 Å². The molecule has 1 amide bonds. The first-order chi connectivity index (χ1) is 17.3. The molecule has 186 valence electrons. The van der Waals surface area contributed by atoms with Crippen molar-refractivity contribution in [1.29, 1.82) is 0 Å². The molecule has 36 heavy (non-hydrogen) atoms. The van der Waals surface area contributed by atoms with Crippen LogP contribution in [0.5, 0.6) is 17.2 Å². The van der Waals surface area contributed by atoms with Crippen molar-refractivity contribution in [2.75, 3.05) is 18.1 Å². The molecule has 3 aromatic carbocycles. The number of aliphatic hydroxyl groups excluding tert-OH is 1. The van der Waals surface area contributed by atoms with Gasteiger partial charge in [-0.3, -0.25) is 14.5 Å². The van der Waals surface area contributed by atoms with E-state index in [-0.39, 0.29) is 22.6 Å². The molecule has 1 saturated heterocycles. The number of hydrogen-bond acceptors (Lipinski definition) is 6. The molecule has 4 rings (SSSR count). The number of rotatable bonds is 7. The number of carbonyl (C=O) groups is 2. The Morgan fingerprint density at radius 3 is 2.28 bits per heavy atom. The van der Waals surface area contributed by atoms with Gasteiger partial charge in [0, 0.05) is 11.8 Å². The number of aryl methyl sites for hydroxylation is 2. The fraction of sp³-hybridized carbons (Fsp3) is 0.241. The van der Waals surface area contributed by atoms with Gasteiger partial charge in [-0.1, -0.05) is 24.3 Å². The lowest BCUT2D eigenvalue weighted by molar-refractivity contribution is -0.132. The molecule has 0 saturated carbocycles. The van der Waals surface area contributed by atoms with E-state index in [9.17, 15) is 19.8 Å². The van der Waals surface area contributed by atoms with Crippen molar-refractivity contribution in [1.82, 2.24) is 0 Å². The van der Waals surface area contributed by atoms with Gasteiger partial charge in [0.25, 0.3) is 11.7 Å². The molecule has 0 aliphatic carbocycles. The summed E-state index contributed by atoms with van der Waals surface area (Å²) in [6, 6.07) is 15.9. The van der Waals surface area contributed by atoms with E-state index in [0.29, 0.717) is 36.0 Å². The highest BCUT2D eigenvalue weighted by atomic mass is 16.5. The summed E-state index contributed by atoms with van der Waals surface area (Å²) in [5.74, 6) is -0.944. The first-order valence-corrected chi connectivity index (χ1v) is 11.8. The topological polar surface area (TPSA) is 96.3 Å². The molecular weight excluding hydrogens is 458 g/mol. The Balaban J connectivity index is 1.97. The van der Waals surface area contributed by atoms with Crippen LogP contribution in [0.15, 0.2) is 66.2 Å². The summed E-state index contributed by atoms with van der Waals surface area (Å²) in [7, 11) is 0. The largest absolute Gasteiger partial charge is 0.508 e. The minimum absolute atomic E-state index is 0.0487. The Bertz CT molecular complexity index is 1340. The highest BCUT2D eigenvalue weighted by Crippen LogP contribution is 2.44. The van der Waals surface area contributed by atoms with Gasteiger partial charge in [0.05, 0.1) is 30.4 Å². The number of aromatic hydroxyl groups is 1. The lowest BCUT2D eigenvalue weighted by atomic mass is 9.94. The quantitative estimate of drug-likeness (QED) is 0.262. The Morgan fingerprint density at radius 2 is 1.61 bits per heavy atom. The van der Waals surface area contributed by atoms with Gasteiger partial charge in [-0.05, 0) is 74.7 Å². The average molecular weight is 488 g/mol. The Hall–Kier alpha value is -4.26. The number of hydrogen-bond donors (Lipinski definition) is 2. The van der Waals surface area contributed by atoms with Gasteiger partial charge in [0.2, 0.25) is 0 Å². The zero-order chi connectivity index (χ0) is 26.0. The van der Waals surface area contributed by atoms with Gasteiger partial charge < -0.3 is 19.7 Å². The number of phenols is 1. The Kier molecular flexibility index (Phi) is 7.01. The second-order valence-electron chi connectivity index (χ2n) is 8.57. The van der Waals surface area contributed by atoms with Crippen LogP contribution >= 0.6 is 0 Å². The third kappa shape index (κ3) is 4.52. The molecule has 1 unspecified atom stereocenters. The summed E-state index contributed by atoms with van der Waals surface area (Å²) in [6.45, 7) is 8.23. The molecule has 7 nitrogen and oxygen atoms in total. The first-order valence-electron chi connectivity index (χ1n) is 11.8. The SMILES string of the molecule is CCOc1ccc(/C(O)=C2/C(=O)C(=O)N(c3cc(C)ccc3C)C2c2ccc(O)cc2)c(OCC)c1. The smallest absolute Gasteiger partial charge is 0.300 e. The van der Waals surface area contributed by atoms with Gasteiger partial charge in [0.15, 0.2) is 0 Å². The number of aliphatic hydroxyl groups is 1. The van der Waals surface area contributed by atoms with Crippen LogP contribution in [0.25, 0.3) is 5.76 Å². The number of phenolic OH excluding ortho intramolecular Hbond substituents is 1. The van der Waals surface area contributed by atoms with E-state index in [0.717, 1.165) is 11.1 Å². The number of ketones is 1. The molecule has 2 N–H and O–H groups in total. The van der Waals surface area contributed by atoms with Crippen molar-refractivity contribution in [3.8, 4) is 17.2 Å². The number of benzene rings is 3. The third-order valence-corrected chi connectivity index (χ3v) is 6.10. The molecule has 3 aromatic rings. The minimum atomic E-state index is -0.910. The maximum Gasteiger partial charge on any atom is 0.300 e. The van der Waals surface area contributed by atoms with E-state index in [1.807, 2.05) is 45.9 Å². The second kappa shape index (κ2) is 10.2. The average Bonchev–Trinajstić information content (AvgIpc) is 3.11. The summed E-state index contributed by atoms with van der Waals surface area (Å²) < 4.78 is 11.3. The van der Waals surface area contributed by atoms with Crippen LogP contribution in [0.1, 0.15) is 42.1 Å². The third-order valence-electron chi connectivity index (χ3n) is 6.10. The van der Waals surface area contributed by atoms with Crippen LogP contribution in [0.2, 0.25) is 0 Å². The molecular formula is C29H29NO6. The number of anilines is 1. The molecule has 1 aliphatic rings. The molecule has 0 radical (unpaired) electrons. The molecule has 0 spiro atoms. The molecule has 1 fully saturated rings. The summed E-state index contributed by atoms with van der Waals surface area (Å²) in [6.07, 6.45) is 0. The van der Waals surface area contributed by atoms with Gasteiger partial charge in [0.1, 0.15) is 23.0 Å². The van der Waals surface area contributed by atoms with Crippen molar-refractivity contribution in [2.45, 2.75) is 33.7 Å². The van der Waals surface area contributed by atoms with Crippen molar-refractivity contribution < 1.29 is 29.3 Å². The lowest BCUT2D eigenvalue weighted by Crippen LogP contribution is -2.30. The van der Waals surface area contributed by atoms with Crippen molar-refractivity contribution in [2.24, 2.45) is 0 Å². The zero-order valence-electron chi connectivity index (χ0n) is 20.7. The van der Waals surface area contributed by atoms with Crippen LogP contribution in [0, 0.1) is 13.8 Å². The van der Waals surface area contributed by atoms with Crippen LogP contribution in [0.4, 0.5) is 5.69 Å². The number of amides is 1. The first kappa shape index (κ1) is 24.9. The summed E-state index contributed by atoms with van der Waals surface area (Å²) >= 11 is 0. The number of ether oxygens (including phenoxy) is 2. The van der Waals surface area contributed by atoms with Gasteiger partial charge >= 0.3 is 0 Å². The van der Waals surface area contributed by atoms with E-state index in [2.05, 4.69) is 0 Å². The number of nitrogens with zero attached hydrogens (tertiary/aromatic N) is 1. The molecule has 0 bridgehead atoms. The van der Waals surface area contributed by atoms with Crippen molar-refractivity contribution in [3.63, 3.8) is 0 Å². The standard InChI is InChI=1S/C29H29NO6/c1-5-35-21-13-14-22(24(16-21)36-6-2)27(32)25-26(19-9-11-20(31)12-10-19)30(29(34)28(25)33)23-15-17(3)7-8-18(23)4/h7-16,26,31-32H,5-6H2,1-4H3/b27-25-. The fourth-order valence-corrected chi connectivity index (χ4v) is 4.41. The van der Waals surface area contributed by atoms with Crippen LogP contribution < -0.4 is 14.4 Å². The monoisotopic (exact) mass is 487 g/mol. The Labute approximate surface area is 210 Å². The van der Waals surface area contributed by atoms with E-state index >= 15 is 0 Å². The molecule has 7 heteroatoms. The summed E-state index contributed by atoms with van der Waals surface area (Å²) in [5.41, 5.74) is 3.10. The van der Waals surface area contributed by atoms with Gasteiger partial charge in [-0.15, -0.1) is 0 Å². The zero-order valence-corrected chi connectivity index (χ0v) is 20.7. The highest BCUT2D eigenvalue weighted by Gasteiger charge is 2.47. The maximum absolute atomic E-state index is 13.5.